The van der Waals surface area contributed by atoms with E-state index in [0.29, 0.717) is 17.1 Å². The van der Waals surface area contributed by atoms with Gasteiger partial charge in [-0.2, -0.15) is 0 Å². The molecule has 2 heterocycles. The molecular formula is C11H12N2O4S2. The molecule has 0 radical (unpaired) electrons. The molecule has 0 fully saturated rings. The van der Waals surface area contributed by atoms with Crippen molar-refractivity contribution < 1.29 is 17.6 Å². The van der Waals surface area contributed by atoms with Crippen LogP contribution in [-0.2, 0) is 10.0 Å². The van der Waals surface area contributed by atoms with Crippen LogP contribution in [0.5, 0.6) is 0 Å². The molecule has 0 aliphatic heterocycles. The topological polar surface area (TPSA) is 88.4 Å². The Hall–Kier alpha value is -1.64. The molecule has 0 saturated heterocycles. The van der Waals surface area contributed by atoms with Crippen LogP contribution in [0.15, 0.2) is 32.2 Å². The number of hydrogen-bond acceptors (Lipinski definition) is 5. The number of hydrogen-bond donors (Lipinski definition) is 2. The number of rotatable bonds is 4. The normalized spacial score (nSPS) is 11.5. The average molecular weight is 300 g/mol. The molecule has 2 aromatic heterocycles. The third-order valence-corrected chi connectivity index (χ3v) is 4.99. The molecule has 2 rings (SSSR count). The monoisotopic (exact) mass is 300 g/mol. The van der Waals surface area contributed by atoms with Gasteiger partial charge in [-0.15, -0.1) is 16.2 Å². The number of amides is 1. The number of carbonyl (C=O) groups excluding carboxylic acids is 1. The molecule has 0 aliphatic carbocycles. The number of carbonyl (C=O) groups is 1. The summed E-state index contributed by atoms with van der Waals surface area (Å²) in [4.78, 5) is 13.8. The molecule has 0 saturated carbocycles. The average Bonchev–Trinajstić information content (AvgIpc) is 2.96. The van der Waals surface area contributed by atoms with Gasteiger partial charge in [0.15, 0.2) is 0 Å². The second-order valence-corrected chi connectivity index (χ2v) is 6.68. The van der Waals surface area contributed by atoms with E-state index < -0.39 is 15.9 Å². The van der Waals surface area contributed by atoms with Gasteiger partial charge in [0, 0.05) is 0 Å². The van der Waals surface area contributed by atoms with Crippen LogP contribution in [0.25, 0.3) is 0 Å². The molecule has 0 atom stereocenters. The number of nitrogens with one attached hydrogen (secondary N) is 2. The Morgan fingerprint density at radius 2 is 2.11 bits per heavy atom. The van der Waals surface area contributed by atoms with Gasteiger partial charge in [-0.3, -0.25) is 10.2 Å². The van der Waals surface area contributed by atoms with Crippen molar-refractivity contribution in [3.05, 3.63) is 40.7 Å². The van der Waals surface area contributed by atoms with Crippen LogP contribution in [0.2, 0.25) is 0 Å². The summed E-state index contributed by atoms with van der Waals surface area (Å²) in [6, 6.07) is 4.61. The second kappa shape index (κ2) is 5.16. The Bertz CT molecular complexity index is 686. The standard InChI is InChI=1S/C11H12N2O4S2/c1-7-6-9(8(2)17-7)11(14)12-13-19(15,16)10-4-3-5-18-10/h3-6,13H,1-2H3,(H,12,14). The highest BCUT2D eigenvalue weighted by Gasteiger charge is 2.18. The Morgan fingerprint density at radius 1 is 1.37 bits per heavy atom. The summed E-state index contributed by atoms with van der Waals surface area (Å²) >= 11 is 1.06. The van der Waals surface area contributed by atoms with Gasteiger partial charge in [-0.25, -0.2) is 8.42 Å². The highest BCUT2D eigenvalue weighted by atomic mass is 32.2. The SMILES string of the molecule is Cc1cc(C(=O)NNS(=O)(=O)c2cccs2)c(C)o1. The molecule has 0 bridgehead atoms. The quantitative estimate of drug-likeness (QED) is 0.839. The molecule has 1 amide bonds. The van der Waals surface area contributed by atoms with Gasteiger partial charge in [-0.1, -0.05) is 6.07 Å². The predicted molar refractivity (Wildman–Crippen MR) is 70.3 cm³/mol. The van der Waals surface area contributed by atoms with Gasteiger partial charge in [0.05, 0.1) is 5.56 Å². The van der Waals surface area contributed by atoms with Crippen molar-refractivity contribution in [1.82, 2.24) is 10.3 Å². The summed E-state index contributed by atoms with van der Waals surface area (Å²) in [6.45, 7) is 3.34. The van der Waals surface area contributed by atoms with E-state index in [1.54, 1.807) is 31.4 Å². The predicted octanol–water partition coefficient (Wildman–Crippen LogP) is 1.58. The zero-order valence-electron chi connectivity index (χ0n) is 10.3. The first-order valence-electron chi connectivity index (χ1n) is 5.33. The molecular weight excluding hydrogens is 288 g/mol. The van der Waals surface area contributed by atoms with Gasteiger partial charge < -0.3 is 4.42 Å². The van der Waals surface area contributed by atoms with Crippen molar-refractivity contribution in [1.29, 1.82) is 0 Å². The lowest BCUT2D eigenvalue weighted by atomic mass is 10.2. The minimum Gasteiger partial charge on any atom is -0.466 e. The van der Waals surface area contributed by atoms with E-state index in [-0.39, 0.29) is 4.21 Å². The molecule has 19 heavy (non-hydrogen) atoms. The molecule has 0 aliphatic rings. The Morgan fingerprint density at radius 3 is 2.63 bits per heavy atom. The number of hydrazine groups is 1. The van der Waals surface area contributed by atoms with E-state index in [2.05, 4.69) is 5.43 Å². The van der Waals surface area contributed by atoms with Crippen LogP contribution in [0.1, 0.15) is 21.9 Å². The summed E-state index contributed by atoms with van der Waals surface area (Å²) in [6.07, 6.45) is 0. The fourth-order valence-electron chi connectivity index (χ4n) is 1.50. The third kappa shape index (κ3) is 3.03. The highest BCUT2D eigenvalue weighted by Crippen LogP contribution is 2.15. The third-order valence-electron chi connectivity index (χ3n) is 2.34. The zero-order chi connectivity index (χ0) is 14.0. The lowest BCUT2D eigenvalue weighted by Crippen LogP contribution is -2.41. The number of furan rings is 1. The second-order valence-electron chi connectivity index (χ2n) is 3.82. The van der Waals surface area contributed by atoms with Gasteiger partial charge in [0.1, 0.15) is 15.7 Å². The fraction of sp³-hybridized carbons (Fsp3) is 0.182. The van der Waals surface area contributed by atoms with Gasteiger partial charge in [0.2, 0.25) is 0 Å². The first kappa shape index (κ1) is 13.8. The molecule has 8 heteroatoms. The fourth-order valence-corrected chi connectivity index (χ4v) is 3.34. The highest BCUT2D eigenvalue weighted by molar-refractivity contribution is 7.91. The Balaban J connectivity index is 2.07. The lowest BCUT2D eigenvalue weighted by molar-refractivity contribution is 0.0943. The first-order chi connectivity index (χ1) is 8.90. The summed E-state index contributed by atoms with van der Waals surface area (Å²) in [5, 5.41) is 1.64. The van der Waals surface area contributed by atoms with Crippen LogP contribution in [-0.4, -0.2) is 14.3 Å². The van der Waals surface area contributed by atoms with Crippen molar-refractivity contribution in [2.75, 3.05) is 0 Å². The number of sulfonamides is 1. The first-order valence-corrected chi connectivity index (χ1v) is 7.69. The molecule has 0 aromatic carbocycles. The van der Waals surface area contributed by atoms with Gasteiger partial charge in [-0.05, 0) is 31.4 Å². The summed E-state index contributed by atoms with van der Waals surface area (Å²) in [7, 11) is -3.72. The van der Waals surface area contributed by atoms with Crippen LogP contribution >= 0.6 is 11.3 Å². The number of aryl methyl sites for hydroxylation is 2. The van der Waals surface area contributed by atoms with Gasteiger partial charge in [0.25, 0.3) is 15.9 Å². The molecule has 0 unspecified atom stereocenters. The maximum absolute atomic E-state index is 11.8. The van der Waals surface area contributed by atoms with Crippen molar-refractivity contribution in [2.45, 2.75) is 18.1 Å². The van der Waals surface area contributed by atoms with Crippen LogP contribution in [0.3, 0.4) is 0 Å². The van der Waals surface area contributed by atoms with Crippen LogP contribution in [0, 0.1) is 13.8 Å². The van der Waals surface area contributed by atoms with Gasteiger partial charge >= 0.3 is 0 Å². The maximum atomic E-state index is 11.8. The Labute approximate surface area is 114 Å². The minimum atomic E-state index is -3.72. The van der Waals surface area contributed by atoms with Crippen molar-refractivity contribution in [3.63, 3.8) is 0 Å². The van der Waals surface area contributed by atoms with E-state index >= 15 is 0 Å². The minimum absolute atomic E-state index is 0.132. The molecule has 102 valence electrons. The van der Waals surface area contributed by atoms with Crippen LogP contribution in [0.4, 0.5) is 0 Å². The summed E-state index contributed by atoms with van der Waals surface area (Å²) in [5.41, 5.74) is 2.45. The van der Waals surface area contributed by atoms with E-state index in [0.717, 1.165) is 11.3 Å². The van der Waals surface area contributed by atoms with E-state index in [9.17, 15) is 13.2 Å². The van der Waals surface area contributed by atoms with E-state index in [4.69, 9.17) is 4.42 Å². The lowest BCUT2D eigenvalue weighted by Gasteiger charge is -2.05. The largest absolute Gasteiger partial charge is 0.466 e. The van der Waals surface area contributed by atoms with Crippen LogP contribution < -0.4 is 10.3 Å². The molecule has 0 spiro atoms. The molecule has 2 aromatic rings. The van der Waals surface area contributed by atoms with E-state index in [1.807, 2.05) is 4.83 Å². The maximum Gasteiger partial charge on any atom is 0.269 e. The summed E-state index contributed by atoms with van der Waals surface area (Å²) in [5.74, 6) is 0.462. The Kier molecular flexibility index (Phi) is 3.74. The van der Waals surface area contributed by atoms with E-state index in [1.165, 1.54) is 6.07 Å². The number of thiophene rings is 1. The van der Waals surface area contributed by atoms with Crippen molar-refractivity contribution in [2.24, 2.45) is 0 Å². The molecule has 6 nitrogen and oxygen atoms in total. The zero-order valence-corrected chi connectivity index (χ0v) is 11.9. The smallest absolute Gasteiger partial charge is 0.269 e. The van der Waals surface area contributed by atoms with Crippen molar-refractivity contribution >= 4 is 27.3 Å². The summed E-state index contributed by atoms with van der Waals surface area (Å²) < 4.78 is 28.9. The van der Waals surface area contributed by atoms with Crippen molar-refractivity contribution in [3.8, 4) is 0 Å². The molecule has 2 N–H and O–H groups in total.